The number of benzene rings is 1. The summed E-state index contributed by atoms with van der Waals surface area (Å²) in [6, 6.07) is 3.19. The van der Waals surface area contributed by atoms with Crippen molar-refractivity contribution >= 4 is 17.9 Å². The molecular weight excluding hydrogens is 219 g/mol. The molecule has 0 radical (unpaired) electrons. The quantitative estimate of drug-likeness (QED) is 0.743. The van der Waals surface area contributed by atoms with Crippen LogP contribution in [-0.2, 0) is 4.79 Å². The molecule has 0 spiro atoms. The van der Waals surface area contributed by atoms with Crippen molar-refractivity contribution in [3.05, 3.63) is 28.5 Å². The number of methoxy groups -OCH3 is 1. The van der Waals surface area contributed by atoms with Crippen LogP contribution in [0.4, 0.5) is 4.39 Å². The fourth-order valence-corrected chi connectivity index (χ4v) is 1.61. The van der Waals surface area contributed by atoms with Crippen LogP contribution in [-0.4, -0.2) is 13.4 Å². The molecule has 82 valence electrons. The van der Waals surface area contributed by atoms with Crippen LogP contribution in [0.2, 0.25) is 5.02 Å². The molecule has 0 fully saturated rings. The fraction of sp³-hybridized carbons (Fsp3) is 0.364. The average Bonchev–Trinajstić information content (AvgIpc) is 2.22. The topological polar surface area (TPSA) is 26.3 Å². The van der Waals surface area contributed by atoms with Crippen LogP contribution < -0.4 is 4.74 Å². The Kier molecular flexibility index (Phi) is 4.09. The summed E-state index contributed by atoms with van der Waals surface area (Å²) in [4.78, 5) is 10.3. The molecule has 0 heterocycles. The zero-order valence-corrected chi connectivity index (χ0v) is 9.34. The number of hydrogen-bond acceptors (Lipinski definition) is 2. The van der Waals surface area contributed by atoms with Crippen molar-refractivity contribution in [2.24, 2.45) is 0 Å². The molecule has 0 amide bonds. The fourth-order valence-electron chi connectivity index (χ4n) is 1.36. The van der Waals surface area contributed by atoms with E-state index in [0.717, 1.165) is 6.29 Å². The number of hydrogen-bond donors (Lipinski definition) is 0. The second kappa shape index (κ2) is 5.12. The minimum Gasteiger partial charge on any atom is -0.495 e. The summed E-state index contributed by atoms with van der Waals surface area (Å²) in [5, 5.41) is -0.0345. The van der Waals surface area contributed by atoms with E-state index in [0.29, 0.717) is 11.3 Å². The van der Waals surface area contributed by atoms with E-state index in [1.165, 1.54) is 7.11 Å². The number of carbonyl (C=O) groups is 1. The van der Waals surface area contributed by atoms with Crippen LogP contribution in [0.25, 0.3) is 0 Å². The van der Waals surface area contributed by atoms with Gasteiger partial charge in [-0.05, 0) is 17.5 Å². The molecule has 1 rings (SSSR count). The Morgan fingerprint density at radius 1 is 1.60 bits per heavy atom. The third kappa shape index (κ3) is 2.48. The van der Waals surface area contributed by atoms with Gasteiger partial charge in [-0.3, -0.25) is 0 Å². The SMILES string of the molecule is COc1ccc(C(C)CC=O)c(F)c1Cl. The molecule has 0 bridgehead atoms. The minimum atomic E-state index is -0.509. The third-order valence-corrected chi connectivity index (χ3v) is 2.63. The van der Waals surface area contributed by atoms with Crippen LogP contribution in [0.15, 0.2) is 12.1 Å². The van der Waals surface area contributed by atoms with Crippen LogP contribution >= 0.6 is 11.6 Å². The first-order valence-electron chi connectivity index (χ1n) is 4.57. The number of carbonyl (C=O) groups excluding carboxylic acids is 1. The van der Waals surface area contributed by atoms with Crippen molar-refractivity contribution in [2.45, 2.75) is 19.3 Å². The highest BCUT2D eigenvalue weighted by Crippen LogP contribution is 2.33. The van der Waals surface area contributed by atoms with Gasteiger partial charge in [-0.25, -0.2) is 4.39 Å². The summed E-state index contributed by atoms with van der Waals surface area (Å²) >= 11 is 5.75. The van der Waals surface area contributed by atoms with E-state index in [-0.39, 0.29) is 17.4 Å². The molecule has 0 aliphatic carbocycles. The standard InChI is InChI=1S/C11H12ClFO2/c1-7(5-6-14)8-3-4-9(15-2)10(12)11(8)13/h3-4,6-7H,5H2,1-2H3. The summed E-state index contributed by atoms with van der Waals surface area (Å²) in [6.45, 7) is 1.77. The predicted molar refractivity (Wildman–Crippen MR) is 57.1 cm³/mol. The first-order valence-corrected chi connectivity index (χ1v) is 4.95. The van der Waals surface area contributed by atoms with Gasteiger partial charge in [0.25, 0.3) is 0 Å². The van der Waals surface area contributed by atoms with Gasteiger partial charge in [0.2, 0.25) is 0 Å². The van der Waals surface area contributed by atoms with Crippen LogP contribution in [0.1, 0.15) is 24.8 Å². The highest BCUT2D eigenvalue weighted by Gasteiger charge is 2.16. The lowest BCUT2D eigenvalue weighted by atomic mass is 9.98. The van der Waals surface area contributed by atoms with E-state index in [4.69, 9.17) is 16.3 Å². The predicted octanol–water partition coefficient (Wildman–Crippen LogP) is 3.18. The van der Waals surface area contributed by atoms with Crippen molar-refractivity contribution in [1.82, 2.24) is 0 Å². The van der Waals surface area contributed by atoms with Crippen molar-refractivity contribution in [1.29, 1.82) is 0 Å². The lowest BCUT2D eigenvalue weighted by molar-refractivity contribution is -0.108. The first-order chi connectivity index (χ1) is 7.11. The van der Waals surface area contributed by atoms with Gasteiger partial charge < -0.3 is 9.53 Å². The Balaban J connectivity index is 3.11. The van der Waals surface area contributed by atoms with E-state index in [1.807, 2.05) is 0 Å². The molecule has 0 saturated carbocycles. The Labute approximate surface area is 93.0 Å². The van der Waals surface area contributed by atoms with E-state index in [2.05, 4.69) is 0 Å². The molecule has 0 saturated heterocycles. The maximum Gasteiger partial charge on any atom is 0.149 e. The van der Waals surface area contributed by atoms with Crippen LogP contribution in [0.5, 0.6) is 5.75 Å². The Morgan fingerprint density at radius 3 is 2.80 bits per heavy atom. The van der Waals surface area contributed by atoms with E-state index >= 15 is 0 Å². The molecule has 0 aliphatic heterocycles. The number of halogens is 2. The van der Waals surface area contributed by atoms with Gasteiger partial charge in [0.1, 0.15) is 22.9 Å². The van der Waals surface area contributed by atoms with E-state index < -0.39 is 5.82 Å². The molecule has 1 aromatic carbocycles. The van der Waals surface area contributed by atoms with Gasteiger partial charge in [-0.15, -0.1) is 0 Å². The average molecular weight is 231 g/mol. The summed E-state index contributed by atoms with van der Waals surface area (Å²) in [5.74, 6) is -0.382. The van der Waals surface area contributed by atoms with Crippen molar-refractivity contribution < 1.29 is 13.9 Å². The van der Waals surface area contributed by atoms with E-state index in [9.17, 15) is 9.18 Å². The van der Waals surface area contributed by atoms with Gasteiger partial charge in [0.15, 0.2) is 0 Å². The van der Waals surface area contributed by atoms with Crippen molar-refractivity contribution in [3.8, 4) is 5.75 Å². The van der Waals surface area contributed by atoms with Gasteiger partial charge >= 0.3 is 0 Å². The molecule has 2 nitrogen and oxygen atoms in total. The van der Waals surface area contributed by atoms with Crippen LogP contribution in [0, 0.1) is 5.82 Å². The monoisotopic (exact) mass is 230 g/mol. The van der Waals surface area contributed by atoms with Gasteiger partial charge in [-0.2, -0.15) is 0 Å². The number of aldehydes is 1. The van der Waals surface area contributed by atoms with Gasteiger partial charge in [0.05, 0.1) is 7.11 Å². The largest absolute Gasteiger partial charge is 0.495 e. The second-order valence-corrected chi connectivity index (χ2v) is 3.67. The maximum atomic E-state index is 13.7. The minimum absolute atomic E-state index is 0.0345. The smallest absolute Gasteiger partial charge is 0.149 e. The summed E-state index contributed by atoms with van der Waals surface area (Å²) in [6.07, 6.45) is 1.04. The van der Waals surface area contributed by atoms with Crippen molar-refractivity contribution in [2.75, 3.05) is 7.11 Å². The third-order valence-electron chi connectivity index (χ3n) is 2.28. The number of ether oxygens (including phenoxy) is 1. The van der Waals surface area contributed by atoms with Crippen LogP contribution in [0.3, 0.4) is 0 Å². The normalized spacial score (nSPS) is 12.3. The zero-order valence-electron chi connectivity index (χ0n) is 8.59. The molecule has 1 aromatic rings. The Morgan fingerprint density at radius 2 is 2.27 bits per heavy atom. The lowest BCUT2D eigenvalue weighted by Gasteiger charge is -2.12. The highest BCUT2D eigenvalue weighted by atomic mass is 35.5. The zero-order chi connectivity index (χ0) is 11.4. The molecule has 0 N–H and O–H groups in total. The second-order valence-electron chi connectivity index (χ2n) is 3.29. The molecule has 1 atom stereocenters. The summed E-state index contributed by atoms with van der Waals surface area (Å²) < 4.78 is 18.6. The maximum absolute atomic E-state index is 13.7. The molecular formula is C11H12ClFO2. The first kappa shape index (κ1) is 12.0. The molecule has 4 heteroatoms. The number of rotatable bonds is 4. The van der Waals surface area contributed by atoms with Gasteiger partial charge in [0, 0.05) is 6.42 Å². The lowest BCUT2D eigenvalue weighted by Crippen LogP contribution is -2.00. The molecule has 15 heavy (non-hydrogen) atoms. The van der Waals surface area contributed by atoms with E-state index in [1.54, 1.807) is 19.1 Å². The Hall–Kier alpha value is -1.09. The van der Waals surface area contributed by atoms with Gasteiger partial charge in [-0.1, -0.05) is 24.6 Å². The summed E-state index contributed by atoms with van der Waals surface area (Å²) in [5.41, 5.74) is 0.438. The summed E-state index contributed by atoms with van der Waals surface area (Å²) in [7, 11) is 1.43. The Bertz CT molecular complexity index is 366. The highest BCUT2D eigenvalue weighted by molar-refractivity contribution is 6.32. The molecule has 0 aliphatic rings. The molecule has 1 unspecified atom stereocenters. The van der Waals surface area contributed by atoms with Crippen molar-refractivity contribution in [3.63, 3.8) is 0 Å². The molecule has 0 aromatic heterocycles.